The lowest BCUT2D eigenvalue weighted by Gasteiger charge is -1.93. The third-order valence-corrected chi connectivity index (χ3v) is 1.13. The van der Waals surface area contributed by atoms with Crippen molar-refractivity contribution < 1.29 is 9.90 Å². The first-order valence-corrected chi connectivity index (χ1v) is 2.79. The van der Waals surface area contributed by atoms with Crippen molar-refractivity contribution in [3.05, 3.63) is 29.8 Å². The number of carboxylic acids is 1. The van der Waals surface area contributed by atoms with Gasteiger partial charge in [0.2, 0.25) is 0 Å². The van der Waals surface area contributed by atoms with Gasteiger partial charge in [0.05, 0.1) is 5.56 Å². The summed E-state index contributed by atoms with van der Waals surface area (Å²) in [6, 6.07) is 6.17. The number of carbonyl (C=O) groups is 1. The van der Waals surface area contributed by atoms with Crippen LogP contribution in [0.25, 0.3) is 0 Å². The van der Waals surface area contributed by atoms with Crippen LogP contribution in [0.3, 0.4) is 0 Å². The number of nitrogens with two attached hydrogens (primary N) is 1. The number of aromatic carboxylic acids is 1. The molecule has 0 saturated carbocycles. The van der Waals surface area contributed by atoms with E-state index in [2.05, 4.69) is 0 Å². The molecule has 1 rings (SSSR count). The van der Waals surface area contributed by atoms with Gasteiger partial charge in [0.15, 0.2) is 0 Å². The van der Waals surface area contributed by atoms with Gasteiger partial charge in [0.25, 0.3) is 0 Å². The molecular formula is C8H11NO2. The Balaban J connectivity index is 0.000001000. The number of hydrogen-bond acceptors (Lipinski definition) is 2. The van der Waals surface area contributed by atoms with Crippen molar-refractivity contribution >= 4 is 11.7 Å². The molecule has 11 heavy (non-hydrogen) atoms. The SMILES string of the molecule is C.Nc1cccc(C(=O)O)c1. The van der Waals surface area contributed by atoms with Gasteiger partial charge in [-0.1, -0.05) is 13.5 Å². The maximum absolute atomic E-state index is 10.3. The Hall–Kier alpha value is -1.51. The lowest BCUT2D eigenvalue weighted by Crippen LogP contribution is -1.96. The van der Waals surface area contributed by atoms with Crippen molar-refractivity contribution in [2.45, 2.75) is 7.43 Å². The van der Waals surface area contributed by atoms with Crippen LogP contribution in [0.2, 0.25) is 0 Å². The van der Waals surface area contributed by atoms with Crippen LogP contribution in [0.5, 0.6) is 0 Å². The Labute approximate surface area is 65.5 Å². The molecule has 0 aliphatic heterocycles. The third-order valence-electron chi connectivity index (χ3n) is 1.13. The van der Waals surface area contributed by atoms with Gasteiger partial charge >= 0.3 is 5.97 Å². The van der Waals surface area contributed by atoms with Crippen molar-refractivity contribution in [2.24, 2.45) is 0 Å². The Morgan fingerprint density at radius 3 is 2.45 bits per heavy atom. The summed E-state index contributed by atoms with van der Waals surface area (Å²) in [5.41, 5.74) is 6.03. The van der Waals surface area contributed by atoms with E-state index in [0.717, 1.165) is 0 Å². The zero-order valence-electron chi connectivity index (χ0n) is 5.24. The van der Waals surface area contributed by atoms with Crippen LogP contribution in [0.4, 0.5) is 5.69 Å². The van der Waals surface area contributed by atoms with Gasteiger partial charge in [0.1, 0.15) is 0 Å². The lowest BCUT2D eigenvalue weighted by molar-refractivity contribution is 0.0697. The summed E-state index contributed by atoms with van der Waals surface area (Å²) in [6.07, 6.45) is 0. The van der Waals surface area contributed by atoms with Gasteiger partial charge in [0, 0.05) is 5.69 Å². The first-order chi connectivity index (χ1) is 4.70. The van der Waals surface area contributed by atoms with Gasteiger partial charge in [-0.2, -0.15) is 0 Å². The maximum atomic E-state index is 10.3. The predicted octanol–water partition coefficient (Wildman–Crippen LogP) is 1.60. The fourth-order valence-corrected chi connectivity index (χ4v) is 0.672. The largest absolute Gasteiger partial charge is 0.478 e. The highest BCUT2D eigenvalue weighted by atomic mass is 16.4. The van der Waals surface area contributed by atoms with Crippen LogP contribution < -0.4 is 5.73 Å². The van der Waals surface area contributed by atoms with E-state index in [1.807, 2.05) is 0 Å². The predicted molar refractivity (Wildman–Crippen MR) is 44.5 cm³/mol. The summed E-state index contributed by atoms with van der Waals surface area (Å²) in [7, 11) is 0. The first kappa shape index (κ1) is 9.49. The summed E-state index contributed by atoms with van der Waals surface area (Å²) in [4.78, 5) is 10.3. The molecular weight excluding hydrogens is 142 g/mol. The molecule has 1 aromatic rings. The van der Waals surface area contributed by atoms with Gasteiger partial charge in [-0.25, -0.2) is 4.79 Å². The molecule has 0 aromatic heterocycles. The molecule has 0 amide bonds. The average molecular weight is 153 g/mol. The highest BCUT2D eigenvalue weighted by Gasteiger charge is 1.99. The quantitative estimate of drug-likeness (QED) is 0.602. The average Bonchev–Trinajstić information content (AvgIpc) is 1.88. The molecule has 1 aromatic carbocycles. The molecule has 3 heteroatoms. The fourth-order valence-electron chi connectivity index (χ4n) is 0.672. The van der Waals surface area contributed by atoms with Crippen LogP contribution in [0, 0.1) is 0 Å². The van der Waals surface area contributed by atoms with E-state index in [1.165, 1.54) is 12.1 Å². The van der Waals surface area contributed by atoms with Crippen molar-refractivity contribution in [1.29, 1.82) is 0 Å². The second-order valence-corrected chi connectivity index (χ2v) is 1.93. The minimum atomic E-state index is -0.952. The summed E-state index contributed by atoms with van der Waals surface area (Å²) in [5, 5.41) is 8.45. The van der Waals surface area contributed by atoms with E-state index in [4.69, 9.17) is 10.8 Å². The topological polar surface area (TPSA) is 63.3 Å². The van der Waals surface area contributed by atoms with Crippen molar-refractivity contribution in [3.63, 3.8) is 0 Å². The van der Waals surface area contributed by atoms with E-state index in [-0.39, 0.29) is 13.0 Å². The molecule has 0 saturated heterocycles. The smallest absolute Gasteiger partial charge is 0.335 e. The van der Waals surface area contributed by atoms with E-state index >= 15 is 0 Å². The molecule has 0 fully saturated rings. The Morgan fingerprint density at radius 1 is 1.45 bits per heavy atom. The molecule has 0 aliphatic carbocycles. The molecule has 60 valence electrons. The molecule has 0 bridgehead atoms. The van der Waals surface area contributed by atoms with E-state index in [1.54, 1.807) is 12.1 Å². The Morgan fingerprint density at radius 2 is 2.09 bits per heavy atom. The summed E-state index contributed by atoms with van der Waals surface area (Å²) in [6.45, 7) is 0. The van der Waals surface area contributed by atoms with Crippen LogP contribution in [0.15, 0.2) is 24.3 Å². The number of rotatable bonds is 1. The molecule has 0 unspecified atom stereocenters. The molecule has 3 N–H and O–H groups in total. The molecule has 0 heterocycles. The minimum absolute atomic E-state index is 0. The number of carboxylic acid groups (broad SMARTS) is 1. The second kappa shape index (κ2) is 3.61. The van der Waals surface area contributed by atoms with Crippen molar-refractivity contribution in [1.82, 2.24) is 0 Å². The number of hydrogen-bond donors (Lipinski definition) is 2. The number of anilines is 1. The molecule has 0 atom stereocenters. The zero-order valence-corrected chi connectivity index (χ0v) is 5.24. The molecule has 0 spiro atoms. The fraction of sp³-hybridized carbons (Fsp3) is 0.125. The summed E-state index contributed by atoms with van der Waals surface area (Å²) in [5.74, 6) is -0.952. The molecule has 0 radical (unpaired) electrons. The van der Waals surface area contributed by atoms with E-state index in [9.17, 15) is 4.79 Å². The summed E-state index contributed by atoms with van der Waals surface area (Å²) < 4.78 is 0. The number of benzene rings is 1. The Bertz CT molecular complexity index is 258. The minimum Gasteiger partial charge on any atom is -0.478 e. The number of nitrogen functional groups attached to an aromatic ring is 1. The summed E-state index contributed by atoms with van der Waals surface area (Å²) >= 11 is 0. The highest BCUT2D eigenvalue weighted by molar-refractivity contribution is 5.88. The second-order valence-electron chi connectivity index (χ2n) is 1.93. The van der Waals surface area contributed by atoms with Crippen molar-refractivity contribution in [3.8, 4) is 0 Å². The van der Waals surface area contributed by atoms with E-state index < -0.39 is 5.97 Å². The molecule has 0 aliphatic rings. The van der Waals surface area contributed by atoms with E-state index in [0.29, 0.717) is 5.69 Å². The van der Waals surface area contributed by atoms with Gasteiger partial charge in [-0.15, -0.1) is 0 Å². The maximum Gasteiger partial charge on any atom is 0.335 e. The van der Waals surface area contributed by atoms with Crippen LogP contribution in [-0.4, -0.2) is 11.1 Å². The van der Waals surface area contributed by atoms with Gasteiger partial charge < -0.3 is 10.8 Å². The van der Waals surface area contributed by atoms with Gasteiger partial charge in [-0.3, -0.25) is 0 Å². The third kappa shape index (κ3) is 2.29. The zero-order chi connectivity index (χ0) is 7.56. The van der Waals surface area contributed by atoms with Crippen molar-refractivity contribution in [2.75, 3.05) is 5.73 Å². The standard InChI is InChI=1S/C7H7NO2.CH4/c8-6-3-1-2-5(4-6)7(9)10;/h1-4H,8H2,(H,9,10);1H4. The van der Waals surface area contributed by atoms with Crippen LogP contribution in [0.1, 0.15) is 17.8 Å². The first-order valence-electron chi connectivity index (χ1n) is 2.79. The lowest BCUT2D eigenvalue weighted by atomic mass is 10.2. The van der Waals surface area contributed by atoms with Crippen LogP contribution in [-0.2, 0) is 0 Å². The van der Waals surface area contributed by atoms with Crippen LogP contribution >= 0.6 is 0 Å². The Kier molecular flexibility index (Phi) is 3.11. The highest BCUT2D eigenvalue weighted by Crippen LogP contribution is 2.05. The molecule has 3 nitrogen and oxygen atoms in total. The monoisotopic (exact) mass is 153 g/mol. The van der Waals surface area contributed by atoms with Gasteiger partial charge in [-0.05, 0) is 18.2 Å². The normalized spacial score (nSPS) is 8.36.